The minimum atomic E-state index is 0.0636. The number of carbonyl (C=O) groups is 1. The summed E-state index contributed by atoms with van der Waals surface area (Å²) in [5, 5.41) is 0. The number of nitrogens with zero attached hydrogens (tertiary/aromatic N) is 3. The van der Waals surface area contributed by atoms with E-state index in [-0.39, 0.29) is 11.8 Å². The van der Waals surface area contributed by atoms with Crippen LogP contribution in [0.5, 0.6) is 0 Å². The van der Waals surface area contributed by atoms with Gasteiger partial charge in [0.2, 0.25) is 0 Å². The predicted octanol–water partition coefficient (Wildman–Crippen LogP) is 4.40. The van der Waals surface area contributed by atoms with Crippen molar-refractivity contribution in [1.82, 2.24) is 14.9 Å². The summed E-state index contributed by atoms with van der Waals surface area (Å²) >= 11 is 0. The van der Waals surface area contributed by atoms with Gasteiger partial charge < -0.3 is 4.90 Å². The van der Waals surface area contributed by atoms with E-state index in [0.717, 1.165) is 37.2 Å². The van der Waals surface area contributed by atoms with Crippen LogP contribution in [0.4, 0.5) is 0 Å². The molecule has 3 heterocycles. The van der Waals surface area contributed by atoms with Gasteiger partial charge in [-0.05, 0) is 49.6 Å². The highest BCUT2D eigenvalue weighted by Crippen LogP contribution is 2.27. The fourth-order valence-corrected chi connectivity index (χ4v) is 3.93. The van der Waals surface area contributed by atoms with E-state index in [2.05, 4.69) is 54.4 Å². The average Bonchev–Trinajstić information content (AvgIpc) is 2.74. The van der Waals surface area contributed by atoms with Gasteiger partial charge in [0.15, 0.2) is 0 Å². The molecule has 4 rings (SSSR count). The third-order valence-electron chi connectivity index (χ3n) is 5.33. The standard InChI is InChI=1S/C24H25N3O/c1-18-6-2-7-19(14-18)15-22-10-3-11-23(26-22)21-9-5-13-27(17-21)24(28)20-8-4-12-25-16-20/h2-4,6-8,10-12,14,16,21H,5,9,13,15,17H2,1H3/t21-/m1/s1. The average molecular weight is 371 g/mol. The van der Waals surface area contributed by atoms with Crippen LogP contribution in [-0.4, -0.2) is 33.9 Å². The van der Waals surface area contributed by atoms with Crippen molar-refractivity contribution in [2.75, 3.05) is 13.1 Å². The van der Waals surface area contributed by atoms with Crippen LogP contribution in [0.2, 0.25) is 0 Å². The third kappa shape index (κ3) is 4.28. The molecule has 1 aliphatic rings. The maximum atomic E-state index is 12.8. The number of amides is 1. The van der Waals surface area contributed by atoms with E-state index in [0.29, 0.717) is 12.1 Å². The first kappa shape index (κ1) is 18.4. The molecule has 1 aliphatic heterocycles. The zero-order valence-corrected chi connectivity index (χ0v) is 16.2. The molecule has 0 N–H and O–H groups in total. The van der Waals surface area contributed by atoms with Gasteiger partial charge in [-0.25, -0.2) is 0 Å². The van der Waals surface area contributed by atoms with Crippen molar-refractivity contribution in [3.63, 3.8) is 0 Å². The molecule has 1 fully saturated rings. The smallest absolute Gasteiger partial charge is 0.255 e. The van der Waals surface area contributed by atoms with Crippen LogP contribution in [0.15, 0.2) is 67.0 Å². The van der Waals surface area contributed by atoms with E-state index in [9.17, 15) is 4.79 Å². The molecule has 142 valence electrons. The van der Waals surface area contributed by atoms with E-state index in [1.54, 1.807) is 12.4 Å². The molecule has 2 aromatic heterocycles. The Morgan fingerprint density at radius 2 is 2.04 bits per heavy atom. The van der Waals surface area contributed by atoms with E-state index in [1.165, 1.54) is 11.1 Å². The molecular weight excluding hydrogens is 346 g/mol. The number of rotatable bonds is 4. The van der Waals surface area contributed by atoms with Crippen LogP contribution >= 0.6 is 0 Å². The topological polar surface area (TPSA) is 46.1 Å². The Bertz CT molecular complexity index is 955. The van der Waals surface area contributed by atoms with E-state index < -0.39 is 0 Å². The Morgan fingerprint density at radius 1 is 1.14 bits per heavy atom. The largest absolute Gasteiger partial charge is 0.338 e. The number of likely N-dealkylation sites (tertiary alicyclic amines) is 1. The molecule has 1 atom stereocenters. The number of aromatic nitrogens is 2. The lowest BCUT2D eigenvalue weighted by Crippen LogP contribution is -2.39. The van der Waals surface area contributed by atoms with E-state index in [1.807, 2.05) is 17.0 Å². The first-order chi connectivity index (χ1) is 13.7. The van der Waals surface area contributed by atoms with Crippen molar-refractivity contribution < 1.29 is 4.79 Å². The molecule has 4 nitrogen and oxygen atoms in total. The Labute approximate surface area is 166 Å². The lowest BCUT2D eigenvalue weighted by Gasteiger charge is -2.32. The van der Waals surface area contributed by atoms with Crippen LogP contribution in [0.1, 0.15) is 51.6 Å². The highest BCUT2D eigenvalue weighted by atomic mass is 16.2. The van der Waals surface area contributed by atoms with Gasteiger partial charge in [0.05, 0.1) is 5.56 Å². The zero-order chi connectivity index (χ0) is 19.3. The van der Waals surface area contributed by atoms with Gasteiger partial charge in [-0.15, -0.1) is 0 Å². The van der Waals surface area contributed by atoms with Crippen molar-refractivity contribution >= 4 is 5.91 Å². The molecule has 0 spiro atoms. The maximum absolute atomic E-state index is 12.8. The van der Waals surface area contributed by atoms with Crippen molar-refractivity contribution in [1.29, 1.82) is 0 Å². The van der Waals surface area contributed by atoms with Crippen molar-refractivity contribution in [3.8, 4) is 0 Å². The third-order valence-corrected chi connectivity index (χ3v) is 5.33. The SMILES string of the molecule is Cc1cccc(Cc2cccc([C@@H]3CCCN(C(=O)c4cccnc4)C3)n2)c1. The molecule has 0 bridgehead atoms. The van der Waals surface area contributed by atoms with Crippen molar-refractivity contribution in [3.05, 3.63) is 95.1 Å². The molecule has 0 radical (unpaired) electrons. The lowest BCUT2D eigenvalue weighted by atomic mass is 9.93. The lowest BCUT2D eigenvalue weighted by molar-refractivity contribution is 0.0705. The molecule has 0 saturated carbocycles. The second kappa shape index (κ2) is 8.34. The Hall–Kier alpha value is -3.01. The van der Waals surface area contributed by atoms with Gasteiger partial charge in [0.1, 0.15) is 0 Å². The summed E-state index contributed by atoms with van der Waals surface area (Å²) in [4.78, 5) is 23.7. The number of carbonyl (C=O) groups excluding carboxylic acids is 1. The summed E-state index contributed by atoms with van der Waals surface area (Å²) in [5.41, 5.74) is 5.38. The van der Waals surface area contributed by atoms with Crippen LogP contribution in [0.3, 0.4) is 0 Å². The summed E-state index contributed by atoms with van der Waals surface area (Å²) in [6, 6.07) is 18.5. The molecular formula is C24H25N3O. The van der Waals surface area contributed by atoms with Crippen molar-refractivity contribution in [2.45, 2.75) is 32.1 Å². The number of aryl methyl sites for hydroxylation is 1. The Kier molecular flexibility index (Phi) is 5.47. The normalized spacial score (nSPS) is 16.8. The number of hydrogen-bond donors (Lipinski definition) is 0. The molecule has 0 aliphatic carbocycles. The first-order valence-electron chi connectivity index (χ1n) is 9.90. The monoisotopic (exact) mass is 371 g/mol. The highest BCUT2D eigenvalue weighted by molar-refractivity contribution is 5.94. The molecule has 1 aromatic carbocycles. The van der Waals surface area contributed by atoms with Crippen LogP contribution in [-0.2, 0) is 6.42 Å². The van der Waals surface area contributed by atoms with Crippen LogP contribution in [0.25, 0.3) is 0 Å². The quantitative estimate of drug-likeness (QED) is 0.683. The molecule has 3 aromatic rings. The Balaban J connectivity index is 1.48. The summed E-state index contributed by atoms with van der Waals surface area (Å²) in [6.07, 6.45) is 6.24. The predicted molar refractivity (Wildman–Crippen MR) is 110 cm³/mol. The van der Waals surface area contributed by atoms with Crippen LogP contribution < -0.4 is 0 Å². The number of hydrogen-bond acceptors (Lipinski definition) is 3. The van der Waals surface area contributed by atoms with Gasteiger partial charge in [-0.1, -0.05) is 35.9 Å². The Morgan fingerprint density at radius 3 is 2.86 bits per heavy atom. The molecule has 0 unspecified atom stereocenters. The second-order valence-electron chi connectivity index (χ2n) is 7.55. The van der Waals surface area contributed by atoms with Gasteiger partial charge in [0.25, 0.3) is 5.91 Å². The number of piperidine rings is 1. The fourth-order valence-electron chi connectivity index (χ4n) is 3.93. The van der Waals surface area contributed by atoms with Gasteiger partial charge in [0, 0.05) is 49.2 Å². The molecule has 1 saturated heterocycles. The fraction of sp³-hybridized carbons (Fsp3) is 0.292. The summed E-state index contributed by atoms with van der Waals surface area (Å²) in [7, 11) is 0. The summed E-state index contributed by atoms with van der Waals surface area (Å²) < 4.78 is 0. The number of benzene rings is 1. The minimum Gasteiger partial charge on any atom is -0.338 e. The second-order valence-corrected chi connectivity index (χ2v) is 7.55. The molecule has 1 amide bonds. The number of pyridine rings is 2. The first-order valence-corrected chi connectivity index (χ1v) is 9.90. The van der Waals surface area contributed by atoms with E-state index in [4.69, 9.17) is 4.98 Å². The minimum absolute atomic E-state index is 0.0636. The zero-order valence-electron chi connectivity index (χ0n) is 16.2. The van der Waals surface area contributed by atoms with E-state index >= 15 is 0 Å². The molecule has 4 heteroatoms. The maximum Gasteiger partial charge on any atom is 0.255 e. The van der Waals surface area contributed by atoms with Gasteiger partial charge in [-0.3, -0.25) is 14.8 Å². The van der Waals surface area contributed by atoms with Gasteiger partial charge >= 0.3 is 0 Å². The molecule has 28 heavy (non-hydrogen) atoms. The summed E-state index contributed by atoms with van der Waals surface area (Å²) in [6.45, 7) is 3.63. The highest BCUT2D eigenvalue weighted by Gasteiger charge is 2.26. The van der Waals surface area contributed by atoms with Gasteiger partial charge in [-0.2, -0.15) is 0 Å². The van der Waals surface area contributed by atoms with Crippen molar-refractivity contribution in [2.24, 2.45) is 0 Å². The van der Waals surface area contributed by atoms with Crippen LogP contribution in [0, 0.1) is 6.92 Å². The summed E-state index contributed by atoms with van der Waals surface area (Å²) in [5.74, 6) is 0.348.